The summed E-state index contributed by atoms with van der Waals surface area (Å²) in [5.41, 5.74) is 1.06. The lowest BCUT2D eigenvalue weighted by Gasteiger charge is -2.11. The molecule has 2 aromatic heterocycles. The van der Waals surface area contributed by atoms with Crippen molar-refractivity contribution in [3.05, 3.63) is 70.4 Å². The number of rotatable bonds is 7. The Morgan fingerprint density at radius 3 is 2.58 bits per heavy atom. The Morgan fingerprint density at radius 2 is 2.00 bits per heavy atom. The van der Waals surface area contributed by atoms with Gasteiger partial charge in [-0.2, -0.15) is 13.2 Å². The van der Waals surface area contributed by atoms with Crippen LogP contribution in [0.25, 0.3) is 11.3 Å². The number of alkyl halides is 3. The summed E-state index contributed by atoms with van der Waals surface area (Å²) >= 11 is 1.39. The zero-order chi connectivity index (χ0) is 25.9. The molecule has 11 heteroatoms. The van der Waals surface area contributed by atoms with Crippen LogP contribution in [0.1, 0.15) is 52.0 Å². The number of esters is 1. The summed E-state index contributed by atoms with van der Waals surface area (Å²) in [5.74, 6) is -0.145. The Morgan fingerprint density at radius 1 is 1.28 bits per heavy atom. The number of pyridine rings is 1. The zero-order valence-corrected chi connectivity index (χ0v) is 20.3. The van der Waals surface area contributed by atoms with Crippen LogP contribution in [0.3, 0.4) is 0 Å². The number of carbonyl (C=O) groups excluding carboxylic acids is 1. The van der Waals surface area contributed by atoms with Crippen LogP contribution in [-0.4, -0.2) is 35.6 Å². The van der Waals surface area contributed by atoms with Crippen molar-refractivity contribution in [2.24, 2.45) is 9.98 Å². The second-order valence-corrected chi connectivity index (χ2v) is 8.94. The lowest BCUT2D eigenvalue weighted by Crippen LogP contribution is -2.12. The van der Waals surface area contributed by atoms with Crippen LogP contribution in [-0.2, 0) is 10.9 Å². The molecule has 186 valence electrons. The Hall–Kier alpha value is -3.86. The molecule has 3 aromatic rings. The average molecular weight is 514 g/mol. The number of nitrogens with one attached hydrogen (secondary N) is 1. The van der Waals surface area contributed by atoms with Crippen molar-refractivity contribution in [1.29, 1.82) is 0 Å². The average Bonchev–Trinajstić information content (AvgIpc) is 3.64. The number of thiazole rings is 1. The van der Waals surface area contributed by atoms with Gasteiger partial charge in [-0.25, -0.2) is 24.7 Å². The third-order valence-electron chi connectivity index (χ3n) is 5.36. The number of ether oxygens (including phenoxy) is 1. The summed E-state index contributed by atoms with van der Waals surface area (Å²) in [4.78, 5) is 30.0. The number of hydrogen-bond acceptors (Lipinski definition) is 7. The quantitative estimate of drug-likeness (QED) is 0.218. The molecule has 1 N–H and O–H groups in total. The van der Waals surface area contributed by atoms with Crippen LogP contribution >= 0.6 is 11.3 Å². The summed E-state index contributed by atoms with van der Waals surface area (Å²) in [6, 6.07) is 8.29. The van der Waals surface area contributed by atoms with Gasteiger partial charge in [0.15, 0.2) is 11.0 Å². The van der Waals surface area contributed by atoms with Crippen molar-refractivity contribution in [1.82, 2.24) is 9.97 Å². The molecule has 0 bridgehead atoms. The van der Waals surface area contributed by atoms with Gasteiger partial charge in [-0.3, -0.25) is 0 Å². The number of amidine groups is 1. The van der Waals surface area contributed by atoms with E-state index in [1.165, 1.54) is 11.3 Å². The van der Waals surface area contributed by atoms with Crippen molar-refractivity contribution < 1.29 is 22.7 Å². The summed E-state index contributed by atoms with van der Waals surface area (Å²) in [7, 11) is 1.10. The van der Waals surface area contributed by atoms with Crippen molar-refractivity contribution in [2.75, 3.05) is 12.4 Å². The standard InChI is InChI=1S/C25H22F3N5O2S/c1-4-11-30-21(29-2)16-9-5-14(6-10-16)19-20(15-7-8-15)36-24(32-19)33-22-18(23(34)35-3)12-17(13-31-22)25(26,27)28/h4-6,9-13,15H,2,7-8H2,1,3H3,(H,31,32,33)/b11-4-,30-21?. The molecule has 1 aromatic carbocycles. The fourth-order valence-electron chi connectivity index (χ4n) is 3.43. The number of aromatic nitrogens is 2. The van der Waals surface area contributed by atoms with Crippen LogP contribution in [0.2, 0.25) is 0 Å². The fourth-order valence-corrected chi connectivity index (χ4v) is 4.59. The first kappa shape index (κ1) is 25.2. The van der Waals surface area contributed by atoms with E-state index < -0.39 is 17.7 Å². The Kier molecular flexibility index (Phi) is 7.30. The van der Waals surface area contributed by atoms with Crippen molar-refractivity contribution in [3.8, 4) is 11.3 Å². The Bertz CT molecular complexity index is 1340. The first-order valence-electron chi connectivity index (χ1n) is 10.9. The first-order valence-corrected chi connectivity index (χ1v) is 11.8. The van der Waals surface area contributed by atoms with E-state index in [1.807, 2.05) is 31.2 Å². The predicted octanol–water partition coefficient (Wildman–Crippen LogP) is 6.61. The second kappa shape index (κ2) is 10.4. The van der Waals surface area contributed by atoms with Gasteiger partial charge in [-0.05, 0) is 38.5 Å². The van der Waals surface area contributed by atoms with Gasteiger partial charge in [-0.15, -0.1) is 11.3 Å². The SMILES string of the molecule is C=NC(=N/C=C\C)c1ccc(-c2nc(Nc3ncc(C(F)(F)F)cc3C(=O)OC)sc2C2CC2)cc1. The monoisotopic (exact) mass is 513 g/mol. The van der Waals surface area contributed by atoms with E-state index >= 15 is 0 Å². The Labute approximate surface area is 209 Å². The fraction of sp³-hybridized carbons (Fsp3) is 0.240. The van der Waals surface area contributed by atoms with Crippen LogP contribution in [0, 0.1) is 0 Å². The number of carbonyl (C=O) groups is 1. The van der Waals surface area contributed by atoms with Gasteiger partial charge >= 0.3 is 12.1 Å². The molecule has 0 unspecified atom stereocenters. The molecule has 7 nitrogen and oxygen atoms in total. The molecule has 2 heterocycles. The first-order chi connectivity index (χ1) is 17.2. The Balaban J connectivity index is 1.68. The van der Waals surface area contributed by atoms with Gasteiger partial charge in [0.05, 0.1) is 18.4 Å². The summed E-state index contributed by atoms with van der Waals surface area (Å²) in [6.07, 6.45) is 1.51. The number of allylic oxidation sites excluding steroid dienone is 1. The summed E-state index contributed by atoms with van der Waals surface area (Å²) in [5, 5.41) is 3.33. The van der Waals surface area contributed by atoms with E-state index in [9.17, 15) is 18.0 Å². The molecule has 0 saturated heterocycles. The molecule has 1 aliphatic rings. The topological polar surface area (TPSA) is 88.8 Å². The lowest BCUT2D eigenvalue weighted by molar-refractivity contribution is -0.137. The van der Waals surface area contributed by atoms with Gasteiger partial charge in [-0.1, -0.05) is 30.3 Å². The third-order valence-corrected chi connectivity index (χ3v) is 6.49. The highest BCUT2D eigenvalue weighted by Crippen LogP contribution is 2.48. The second-order valence-electron chi connectivity index (χ2n) is 7.91. The number of hydrogen-bond donors (Lipinski definition) is 1. The highest BCUT2D eigenvalue weighted by molar-refractivity contribution is 7.16. The summed E-state index contributed by atoms with van der Waals surface area (Å²) < 4.78 is 44.1. The molecule has 36 heavy (non-hydrogen) atoms. The number of nitrogens with zero attached hydrogens (tertiary/aromatic N) is 4. The minimum Gasteiger partial charge on any atom is -0.465 e. The van der Waals surface area contributed by atoms with Gasteiger partial charge < -0.3 is 10.1 Å². The molecule has 1 saturated carbocycles. The highest BCUT2D eigenvalue weighted by Gasteiger charge is 2.33. The molecular formula is C25H22F3N5O2S. The minimum atomic E-state index is -4.65. The summed E-state index contributed by atoms with van der Waals surface area (Å²) in [6.45, 7) is 5.43. The van der Waals surface area contributed by atoms with E-state index in [2.05, 4.69) is 31.7 Å². The number of benzene rings is 1. The third kappa shape index (κ3) is 5.51. The van der Waals surface area contributed by atoms with E-state index in [-0.39, 0.29) is 11.4 Å². The van der Waals surface area contributed by atoms with Crippen LogP contribution in [0.5, 0.6) is 0 Å². The normalized spacial score (nSPS) is 14.2. The molecular weight excluding hydrogens is 491 g/mol. The number of anilines is 2. The molecule has 1 aliphatic carbocycles. The predicted molar refractivity (Wildman–Crippen MR) is 134 cm³/mol. The number of aliphatic imine (C=N–C) groups is 2. The van der Waals surface area contributed by atoms with Gasteiger partial charge in [0.1, 0.15) is 11.4 Å². The molecule has 0 atom stereocenters. The van der Waals surface area contributed by atoms with E-state index in [1.54, 1.807) is 12.3 Å². The smallest absolute Gasteiger partial charge is 0.417 e. The van der Waals surface area contributed by atoms with E-state index in [0.29, 0.717) is 23.1 Å². The lowest BCUT2D eigenvalue weighted by atomic mass is 10.1. The van der Waals surface area contributed by atoms with Gasteiger partial charge in [0.25, 0.3) is 0 Å². The van der Waals surface area contributed by atoms with E-state index in [4.69, 9.17) is 4.98 Å². The number of methoxy groups -OCH3 is 1. The van der Waals surface area contributed by atoms with Gasteiger partial charge in [0.2, 0.25) is 0 Å². The highest BCUT2D eigenvalue weighted by atomic mass is 32.1. The molecule has 0 aliphatic heterocycles. The molecule has 1 fully saturated rings. The van der Waals surface area contributed by atoms with E-state index in [0.717, 1.165) is 47.7 Å². The minimum absolute atomic E-state index is 0.0604. The molecule has 0 amide bonds. The van der Waals surface area contributed by atoms with Crippen molar-refractivity contribution in [3.63, 3.8) is 0 Å². The van der Waals surface area contributed by atoms with Gasteiger partial charge in [0, 0.05) is 28.4 Å². The maximum atomic E-state index is 13.2. The molecule has 0 radical (unpaired) electrons. The van der Waals surface area contributed by atoms with Crippen molar-refractivity contribution in [2.45, 2.75) is 31.9 Å². The zero-order valence-electron chi connectivity index (χ0n) is 19.5. The van der Waals surface area contributed by atoms with Crippen LogP contribution in [0.4, 0.5) is 24.1 Å². The van der Waals surface area contributed by atoms with Crippen molar-refractivity contribution >= 4 is 40.8 Å². The van der Waals surface area contributed by atoms with Crippen LogP contribution < -0.4 is 5.32 Å². The number of halogens is 3. The maximum absolute atomic E-state index is 13.2. The molecule has 0 spiro atoms. The maximum Gasteiger partial charge on any atom is 0.417 e. The molecule has 4 rings (SSSR count). The largest absolute Gasteiger partial charge is 0.465 e. The van der Waals surface area contributed by atoms with Crippen LogP contribution in [0.15, 0.2) is 58.8 Å².